The van der Waals surface area contributed by atoms with Crippen LogP contribution in [0.15, 0.2) is 48.8 Å². The van der Waals surface area contributed by atoms with Crippen LogP contribution in [0.2, 0.25) is 0 Å². The quantitative estimate of drug-likeness (QED) is 0.562. The molecule has 2 amide bonds. The van der Waals surface area contributed by atoms with Crippen molar-refractivity contribution in [3.63, 3.8) is 0 Å². The molecule has 1 aliphatic heterocycles. The van der Waals surface area contributed by atoms with Crippen LogP contribution in [0.4, 0.5) is 0 Å². The molecule has 2 aromatic heterocycles. The van der Waals surface area contributed by atoms with Crippen LogP contribution >= 0.6 is 0 Å². The molecule has 0 bridgehead atoms. The number of carbonyl (C=O) groups excluding carboxylic acids is 2. The molecular weight excluding hydrogens is 406 g/mol. The highest BCUT2D eigenvalue weighted by molar-refractivity contribution is 5.88. The van der Waals surface area contributed by atoms with E-state index in [0.29, 0.717) is 32.6 Å². The SMILES string of the molecule is COc1ccc(CN2CCNC(=O)C2CC(=O)NCCc2cn3ccccc3n2)cc1C. The molecule has 8 heteroatoms. The van der Waals surface area contributed by atoms with Crippen LogP contribution in [0.25, 0.3) is 5.65 Å². The summed E-state index contributed by atoms with van der Waals surface area (Å²) >= 11 is 0. The molecule has 168 valence electrons. The Morgan fingerprint density at radius 1 is 1.31 bits per heavy atom. The van der Waals surface area contributed by atoms with E-state index in [1.807, 2.05) is 54.0 Å². The van der Waals surface area contributed by atoms with E-state index in [-0.39, 0.29) is 18.2 Å². The van der Waals surface area contributed by atoms with E-state index in [1.54, 1.807) is 7.11 Å². The molecule has 3 heterocycles. The minimum Gasteiger partial charge on any atom is -0.496 e. The van der Waals surface area contributed by atoms with Crippen LogP contribution in [0.1, 0.15) is 23.2 Å². The van der Waals surface area contributed by atoms with Crippen LogP contribution in [0.3, 0.4) is 0 Å². The number of fused-ring (bicyclic) bond motifs is 1. The Morgan fingerprint density at radius 2 is 2.19 bits per heavy atom. The molecule has 1 atom stereocenters. The minimum absolute atomic E-state index is 0.100. The van der Waals surface area contributed by atoms with Crippen molar-refractivity contribution in [2.45, 2.75) is 32.4 Å². The number of benzene rings is 1. The van der Waals surface area contributed by atoms with Crippen LogP contribution in [-0.2, 0) is 22.6 Å². The summed E-state index contributed by atoms with van der Waals surface area (Å²) in [5.74, 6) is 0.607. The van der Waals surface area contributed by atoms with E-state index in [1.165, 1.54) is 0 Å². The highest BCUT2D eigenvalue weighted by Crippen LogP contribution is 2.21. The monoisotopic (exact) mass is 435 g/mol. The molecule has 1 saturated heterocycles. The fourth-order valence-corrected chi connectivity index (χ4v) is 4.13. The first-order valence-corrected chi connectivity index (χ1v) is 10.9. The van der Waals surface area contributed by atoms with Gasteiger partial charge in [-0.3, -0.25) is 14.5 Å². The Bertz CT molecular complexity index is 1080. The van der Waals surface area contributed by atoms with Gasteiger partial charge in [-0.1, -0.05) is 18.2 Å². The van der Waals surface area contributed by atoms with E-state index >= 15 is 0 Å². The summed E-state index contributed by atoms with van der Waals surface area (Å²) in [4.78, 5) is 31.7. The number of amides is 2. The number of imidazole rings is 1. The number of piperazine rings is 1. The second kappa shape index (κ2) is 9.82. The first-order valence-electron chi connectivity index (χ1n) is 10.9. The van der Waals surface area contributed by atoms with Crippen LogP contribution < -0.4 is 15.4 Å². The number of ether oxygens (including phenoxy) is 1. The highest BCUT2D eigenvalue weighted by Gasteiger charge is 2.31. The summed E-state index contributed by atoms with van der Waals surface area (Å²) in [5.41, 5.74) is 3.95. The van der Waals surface area contributed by atoms with Gasteiger partial charge >= 0.3 is 0 Å². The summed E-state index contributed by atoms with van der Waals surface area (Å²) in [6, 6.07) is 11.4. The van der Waals surface area contributed by atoms with E-state index in [4.69, 9.17) is 4.74 Å². The van der Waals surface area contributed by atoms with Gasteiger partial charge in [-0.15, -0.1) is 0 Å². The number of nitrogens with one attached hydrogen (secondary N) is 2. The Labute approximate surface area is 187 Å². The topological polar surface area (TPSA) is 88.0 Å². The molecule has 1 aromatic carbocycles. The number of carbonyl (C=O) groups is 2. The van der Waals surface area contributed by atoms with Crippen molar-refractivity contribution in [3.05, 3.63) is 65.6 Å². The normalized spacial score (nSPS) is 16.7. The Kier molecular flexibility index (Phi) is 6.70. The zero-order valence-electron chi connectivity index (χ0n) is 18.5. The average molecular weight is 436 g/mol. The lowest BCUT2D eigenvalue weighted by Gasteiger charge is -2.34. The molecule has 0 spiro atoms. The number of aromatic nitrogens is 2. The van der Waals surface area contributed by atoms with Crippen molar-refractivity contribution >= 4 is 17.5 Å². The predicted octanol–water partition coefficient (Wildman–Crippen LogP) is 1.70. The largest absolute Gasteiger partial charge is 0.496 e. The van der Waals surface area contributed by atoms with E-state index in [9.17, 15) is 9.59 Å². The van der Waals surface area contributed by atoms with E-state index in [2.05, 4.69) is 26.6 Å². The zero-order chi connectivity index (χ0) is 22.5. The average Bonchev–Trinajstić information content (AvgIpc) is 3.19. The van der Waals surface area contributed by atoms with Gasteiger partial charge in [0.1, 0.15) is 11.4 Å². The second-order valence-corrected chi connectivity index (χ2v) is 8.08. The fourth-order valence-electron chi connectivity index (χ4n) is 4.13. The summed E-state index contributed by atoms with van der Waals surface area (Å²) < 4.78 is 7.29. The summed E-state index contributed by atoms with van der Waals surface area (Å²) in [5, 5.41) is 5.83. The van der Waals surface area contributed by atoms with Gasteiger partial charge in [0.2, 0.25) is 11.8 Å². The third-order valence-electron chi connectivity index (χ3n) is 5.78. The van der Waals surface area contributed by atoms with E-state index in [0.717, 1.165) is 28.2 Å². The minimum atomic E-state index is -0.485. The molecule has 4 rings (SSSR count). The number of rotatable bonds is 8. The van der Waals surface area contributed by atoms with Gasteiger partial charge in [-0.05, 0) is 36.2 Å². The molecule has 32 heavy (non-hydrogen) atoms. The highest BCUT2D eigenvalue weighted by atomic mass is 16.5. The first kappa shape index (κ1) is 21.8. The lowest BCUT2D eigenvalue weighted by molar-refractivity contribution is -0.134. The van der Waals surface area contributed by atoms with Gasteiger partial charge in [-0.25, -0.2) is 4.98 Å². The lowest BCUT2D eigenvalue weighted by atomic mass is 10.1. The van der Waals surface area contributed by atoms with Gasteiger partial charge < -0.3 is 19.8 Å². The summed E-state index contributed by atoms with van der Waals surface area (Å²) in [6.45, 7) is 4.38. The predicted molar refractivity (Wildman–Crippen MR) is 121 cm³/mol. The Balaban J connectivity index is 1.33. The maximum absolute atomic E-state index is 12.6. The van der Waals surface area contributed by atoms with Crippen molar-refractivity contribution in [1.29, 1.82) is 0 Å². The van der Waals surface area contributed by atoms with Crippen molar-refractivity contribution in [1.82, 2.24) is 24.9 Å². The van der Waals surface area contributed by atoms with Crippen molar-refractivity contribution in [3.8, 4) is 5.75 Å². The van der Waals surface area contributed by atoms with Gasteiger partial charge in [0.15, 0.2) is 0 Å². The molecule has 0 radical (unpaired) electrons. The number of hydrogen-bond acceptors (Lipinski definition) is 5. The number of nitrogens with zero attached hydrogens (tertiary/aromatic N) is 3. The molecule has 1 unspecified atom stereocenters. The van der Waals surface area contributed by atoms with Crippen molar-refractivity contribution < 1.29 is 14.3 Å². The van der Waals surface area contributed by atoms with Crippen molar-refractivity contribution in [2.24, 2.45) is 0 Å². The Morgan fingerprint density at radius 3 is 2.97 bits per heavy atom. The number of pyridine rings is 1. The molecule has 0 saturated carbocycles. The molecule has 3 aromatic rings. The van der Waals surface area contributed by atoms with Gasteiger partial charge in [0, 0.05) is 45.0 Å². The lowest BCUT2D eigenvalue weighted by Crippen LogP contribution is -2.56. The standard InChI is InChI=1S/C24H29N5O3/c1-17-13-18(6-7-21(17)32-2)15-28-12-10-26-24(31)20(28)14-23(30)25-9-8-19-16-29-11-4-3-5-22(29)27-19/h3-7,11,13,16,20H,8-10,12,14-15H2,1-2H3,(H,25,30)(H,26,31). The number of hydrogen-bond donors (Lipinski definition) is 2. The smallest absolute Gasteiger partial charge is 0.237 e. The maximum Gasteiger partial charge on any atom is 0.237 e. The molecule has 1 aliphatic rings. The molecular formula is C24H29N5O3. The van der Waals surface area contributed by atoms with Crippen molar-refractivity contribution in [2.75, 3.05) is 26.7 Å². The van der Waals surface area contributed by atoms with Crippen LogP contribution in [-0.4, -0.2) is 58.9 Å². The maximum atomic E-state index is 12.6. The zero-order valence-corrected chi connectivity index (χ0v) is 18.5. The van der Waals surface area contributed by atoms with Crippen LogP contribution in [0.5, 0.6) is 5.75 Å². The third-order valence-corrected chi connectivity index (χ3v) is 5.78. The Hall–Kier alpha value is -3.39. The number of methoxy groups -OCH3 is 1. The fraction of sp³-hybridized carbons (Fsp3) is 0.375. The second-order valence-electron chi connectivity index (χ2n) is 8.08. The third kappa shape index (κ3) is 5.08. The summed E-state index contributed by atoms with van der Waals surface area (Å²) in [6.07, 6.45) is 4.69. The van der Waals surface area contributed by atoms with Crippen LogP contribution in [0, 0.1) is 6.92 Å². The molecule has 0 aliphatic carbocycles. The van der Waals surface area contributed by atoms with Gasteiger partial charge in [-0.2, -0.15) is 0 Å². The summed E-state index contributed by atoms with van der Waals surface area (Å²) in [7, 11) is 1.65. The first-order chi connectivity index (χ1) is 15.5. The molecule has 1 fully saturated rings. The van der Waals surface area contributed by atoms with Gasteiger partial charge in [0.25, 0.3) is 0 Å². The molecule has 2 N–H and O–H groups in total. The molecule has 8 nitrogen and oxygen atoms in total. The van der Waals surface area contributed by atoms with E-state index < -0.39 is 6.04 Å². The van der Waals surface area contributed by atoms with Gasteiger partial charge in [0.05, 0.1) is 25.3 Å². The number of aryl methyl sites for hydroxylation is 1.